The lowest BCUT2D eigenvalue weighted by atomic mass is 10.2. The third kappa shape index (κ3) is 1.75. The van der Waals surface area contributed by atoms with Gasteiger partial charge in [-0.1, -0.05) is 12.1 Å². The van der Waals surface area contributed by atoms with Crippen molar-refractivity contribution in [1.82, 2.24) is 9.29 Å². The first-order valence-electron chi connectivity index (χ1n) is 5.84. The lowest BCUT2D eigenvalue weighted by molar-refractivity contribution is 0.0819. The molecular formula is C13H10N2O4S. The molecule has 1 N–H and O–H groups in total. The molecule has 0 unspecified atom stereocenters. The van der Waals surface area contributed by atoms with Crippen molar-refractivity contribution in [2.24, 2.45) is 0 Å². The van der Waals surface area contributed by atoms with E-state index < -0.39 is 28.3 Å². The largest absolute Gasteiger partial charge is 0.359 e. The highest BCUT2D eigenvalue weighted by Gasteiger charge is 2.41. The number of amides is 1. The number of hydrogen-bond acceptors (Lipinski definition) is 4. The summed E-state index contributed by atoms with van der Waals surface area (Å²) in [5.74, 6) is -1.12. The number of aromatic amines is 1. The summed E-state index contributed by atoms with van der Waals surface area (Å²) in [6.07, 6.45) is 1.56. The molecule has 1 amide bonds. The fraction of sp³-hybridized carbons (Fsp3) is 0.0769. The minimum atomic E-state index is -3.93. The number of sulfonamides is 1. The van der Waals surface area contributed by atoms with Crippen molar-refractivity contribution in [2.75, 3.05) is 6.54 Å². The second kappa shape index (κ2) is 4.31. The standard InChI is InChI=1S/C13H10N2O4S/c16-11(10-5-3-7-14-10)8-15-13(17)9-4-1-2-6-12(9)20(15,18)19/h1-7,14H,8H2. The van der Waals surface area contributed by atoms with Crippen LogP contribution in [-0.4, -0.2) is 35.9 Å². The van der Waals surface area contributed by atoms with Gasteiger partial charge in [0.25, 0.3) is 15.9 Å². The molecule has 1 aliphatic heterocycles. The summed E-state index contributed by atoms with van der Waals surface area (Å²) in [4.78, 5) is 26.7. The van der Waals surface area contributed by atoms with Crippen molar-refractivity contribution in [1.29, 1.82) is 0 Å². The number of nitrogens with zero attached hydrogens (tertiary/aromatic N) is 1. The van der Waals surface area contributed by atoms with Crippen LogP contribution < -0.4 is 0 Å². The zero-order valence-electron chi connectivity index (χ0n) is 10.2. The Balaban J connectivity index is 1.97. The Labute approximate surface area is 115 Å². The quantitative estimate of drug-likeness (QED) is 0.856. The molecule has 1 aromatic carbocycles. The molecular weight excluding hydrogens is 280 g/mol. The lowest BCUT2D eigenvalue weighted by Crippen LogP contribution is -2.35. The van der Waals surface area contributed by atoms with Crippen molar-refractivity contribution in [3.05, 3.63) is 53.9 Å². The number of ketones is 1. The summed E-state index contributed by atoms with van der Waals surface area (Å²) in [6.45, 7) is -0.504. The van der Waals surface area contributed by atoms with Crippen LogP contribution in [0.3, 0.4) is 0 Å². The molecule has 2 heterocycles. The first-order chi connectivity index (χ1) is 9.51. The number of carbonyl (C=O) groups excluding carboxylic acids is 2. The molecule has 0 fully saturated rings. The molecule has 1 aliphatic rings. The van der Waals surface area contributed by atoms with Gasteiger partial charge >= 0.3 is 0 Å². The average Bonchev–Trinajstić information content (AvgIpc) is 3.02. The normalized spacial score (nSPS) is 16.2. The number of nitrogens with one attached hydrogen (secondary N) is 1. The van der Waals surface area contributed by atoms with E-state index in [4.69, 9.17) is 0 Å². The van der Waals surface area contributed by atoms with Gasteiger partial charge in [-0.2, -0.15) is 0 Å². The van der Waals surface area contributed by atoms with E-state index in [1.165, 1.54) is 18.2 Å². The van der Waals surface area contributed by atoms with Crippen LogP contribution in [0.25, 0.3) is 0 Å². The maximum Gasteiger partial charge on any atom is 0.269 e. The van der Waals surface area contributed by atoms with E-state index in [0.29, 0.717) is 4.31 Å². The van der Waals surface area contributed by atoms with Gasteiger partial charge in [-0.3, -0.25) is 9.59 Å². The number of fused-ring (bicyclic) bond motifs is 1. The van der Waals surface area contributed by atoms with Crippen molar-refractivity contribution in [3.8, 4) is 0 Å². The summed E-state index contributed by atoms with van der Waals surface area (Å²) < 4.78 is 25.1. The summed E-state index contributed by atoms with van der Waals surface area (Å²) >= 11 is 0. The van der Waals surface area contributed by atoms with Gasteiger partial charge in [0.1, 0.15) is 11.4 Å². The van der Waals surface area contributed by atoms with Crippen LogP contribution in [0.5, 0.6) is 0 Å². The highest BCUT2D eigenvalue weighted by atomic mass is 32.2. The molecule has 1 aromatic heterocycles. The molecule has 3 rings (SSSR count). The SMILES string of the molecule is O=C(CN1C(=O)c2ccccc2S1(=O)=O)c1ccc[nH]1. The zero-order chi connectivity index (χ0) is 14.3. The third-order valence-electron chi connectivity index (χ3n) is 3.10. The van der Waals surface area contributed by atoms with Crippen LogP contribution in [0.15, 0.2) is 47.5 Å². The van der Waals surface area contributed by atoms with E-state index in [2.05, 4.69) is 4.98 Å². The Hall–Kier alpha value is -2.41. The summed E-state index contributed by atoms with van der Waals surface area (Å²) in [7, 11) is -3.93. The van der Waals surface area contributed by atoms with E-state index >= 15 is 0 Å². The minimum Gasteiger partial charge on any atom is -0.359 e. The second-order valence-electron chi connectivity index (χ2n) is 4.32. The Bertz CT molecular complexity index is 794. The molecule has 102 valence electrons. The predicted octanol–water partition coefficient (Wildman–Crippen LogP) is 1.04. The van der Waals surface area contributed by atoms with Crippen LogP contribution in [0.1, 0.15) is 20.8 Å². The number of rotatable bonds is 3. The van der Waals surface area contributed by atoms with Gasteiger partial charge in [0, 0.05) is 6.20 Å². The number of hydrogen-bond donors (Lipinski definition) is 1. The summed E-state index contributed by atoms with van der Waals surface area (Å²) in [5.41, 5.74) is 0.371. The third-order valence-corrected chi connectivity index (χ3v) is 4.88. The van der Waals surface area contributed by atoms with Gasteiger partial charge in [-0.25, -0.2) is 12.7 Å². The number of H-pyrrole nitrogens is 1. The topological polar surface area (TPSA) is 87.3 Å². The minimum absolute atomic E-state index is 0.0516. The van der Waals surface area contributed by atoms with Crippen molar-refractivity contribution >= 4 is 21.7 Å². The number of aromatic nitrogens is 1. The fourth-order valence-corrected chi connectivity index (χ4v) is 3.63. The fourth-order valence-electron chi connectivity index (χ4n) is 2.11. The van der Waals surface area contributed by atoms with Crippen molar-refractivity contribution in [3.63, 3.8) is 0 Å². The van der Waals surface area contributed by atoms with E-state index in [0.717, 1.165) is 0 Å². The highest BCUT2D eigenvalue weighted by molar-refractivity contribution is 7.90. The average molecular weight is 290 g/mol. The highest BCUT2D eigenvalue weighted by Crippen LogP contribution is 2.29. The van der Waals surface area contributed by atoms with Crippen molar-refractivity contribution < 1.29 is 18.0 Å². The maximum absolute atomic E-state index is 12.2. The Morgan fingerprint density at radius 2 is 1.90 bits per heavy atom. The molecule has 0 saturated carbocycles. The van der Waals surface area contributed by atoms with E-state index in [9.17, 15) is 18.0 Å². The molecule has 2 aromatic rings. The molecule has 0 aliphatic carbocycles. The van der Waals surface area contributed by atoms with Gasteiger partial charge in [0.15, 0.2) is 5.78 Å². The smallest absolute Gasteiger partial charge is 0.269 e. The number of carbonyl (C=O) groups is 2. The molecule has 0 saturated heterocycles. The summed E-state index contributed by atoms with van der Waals surface area (Å²) in [5, 5.41) is 0. The van der Waals surface area contributed by atoms with Gasteiger partial charge in [-0.15, -0.1) is 0 Å². The van der Waals surface area contributed by atoms with Gasteiger partial charge in [0.2, 0.25) is 0 Å². The van der Waals surface area contributed by atoms with Crippen LogP contribution in [0.2, 0.25) is 0 Å². The maximum atomic E-state index is 12.2. The van der Waals surface area contributed by atoms with Gasteiger partial charge in [0.05, 0.1) is 11.3 Å². The molecule has 20 heavy (non-hydrogen) atoms. The molecule has 7 heteroatoms. The molecule has 0 atom stereocenters. The molecule has 0 radical (unpaired) electrons. The monoisotopic (exact) mass is 290 g/mol. The molecule has 0 spiro atoms. The molecule has 6 nitrogen and oxygen atoms in total. The van der Waals surface area contributed by atoms with Crippen LogP contribution in [-0.2, 0) is 10.0 Å². The Kier molecular flexibility index (Phi) is 2.72. The lowest BCUT2D eigenvalue weighted by Gasteiger charge is -2.13. The predicted molar refractivity (Wildman–Crippen MR) is 69.8 cm³/mol. The Morgan fingerprint density at radius 1 is 1.15 bits per heavy atom. The van der Waals surface area contributed by atoms with Crippen LogP contribution in [0, 0.1) is 0 Å². The Morgan fingerprint density at radius 3 is 2.55 bits per heavy atom. The van der Waals surface area contributed by atoms with E-state index in [-0.39, 0.29) is 16.2 Å². The zero-order valence-corrected chi connectivity index (χ0v) is 11.1. The van der Waals surface area contributed by atoms with Crippen molar-refractivity contribution in [2.45, 2.75) is 4.90 Å². The number of Topliss-reactive ketones (excluding diaryl/α,β-unsaturated/α-hetero) is 1. The van der Waals surface area contributed by atoms with E-state index in [1.54, 1.807) is 24.4 Å². The first kappa shape index (κ1) is 12.6. The summed E-state index contributed by atoms with van der Waals surface area (Å²) in [6, 6.07) is 9.09. The van der Waals surface area contributed by atoms with Gasteiger partial charge < -0.3 is 4.98 Å². The first-order valence-corrected chi connectivity index (χ1v) is 7.28. The van der Waals surface area contributed by atoms with Crippen LogP contribution in [0.4, 0.5) is 0 Å². The molecule has 0 bridgehead atoms. The van der Waals surface area contributed by atoms with E-state index in [1.807, 2.05) is 0 Å². The second-order valence-corrected chi connectivity index (χ2v) is 6.15. The number of benzene rings is 1. The van der Waals surface area contributed by atoms with Crippen LogP contribution >= 0.6 is 0 Å². The van der Waals surface area contributed by atoms with Gasteiger partial charge in [-0.05, 0) is 24.3 Å².